The van der Waals surface area contributed by atoms with Crippen LogP contribution in [-0.4, -0.2) is 23.0 Å². The second kappa shape index (κ2) is 3.71. The maximum Gasteiger partial charge on any atom is 0.244 e. The van der Waals surface area contributed by atoms with Crippen molar-refractivity contribution in [3.05, 3.63) is 46.9 Å². The van der Waals surface area contributed by atoms with Crippen molar-refractivity contribution >= 4 is 16.7 Å². The van der Waals surface area contributed by atoms with Gasteiger partial charge in [0.2, 0.25) is 5.78 Å². The second-order valence-corrected chi connectivity index (χ2v) is 4.98. The number of carbonyl (C=O) groups excluding carboxylic acids is 1. The van der Waals surface area contributed by atoms with E-state index in [2.05, 4.69) is 4.98 Å². The van der Waals surface area contributed by atoms with Gasteiger partial charge in [-0.05, 0) is 19.9 Å². The minimum absolute atomic E-state index is 0.210. The predicted octanol–water partition coefficient (Wildman–Crippen LogP) is 2.49. The van der Waals surface area contributed by atoms with Gasteiger partial charge in [-0.1, -0.05) is 18.2 Å². The molecule has 3 rings (SSSR count). The van der Waals surface area contributed by atoms with Crippen LogP contribution in [-0.2, 0) is 10.3 Å². The van der Waals surface area contributed by atoms with Crippen molar-refractivity contribution in [1.29, 1.82) is 0 Å². The van der Waals surface area contributed by atoms with Crippen molar-refractivity contribution in [2.75, 3.05) is 7.11 Å². The molecule has 1 aliphatic carbocycles. The Bertz CT molecular complexity index is 722. The topological polar surface area (TPSA) is 62.3 Å². The van der Waals surface area contributed by atoms with E-state index in [-0.39, 0.29) is 11.5 Å². The molecule has 1 unspecified atom stereocenters. The number of rotatable bonds is 1. The van der Waals surface area contributed by atoms with Crippen LogP contribution < -0.4 is 0 Å². The molecule has 2 N–H and O–H groups in total. The van der Waals surface area contributed by atoms with E-state index >= 15 is 0 Å². The Morgan fingerprint density at radius 3 is 2.68 bits per heavy atom. The first-order valence-corrected chi connectivity index (χ1v) is 6.12. The van der Waals surface area contributed by atoms with Gasteiger partial charge in [-0.3, -0.25) is 4.79 Å². The molecule has 4 nitrogen and oxygen atoms in total. The Labute approximate surface area is 110 Å². The molecule has 0 amide bonds. The predicted molar refractivity (Wildman–Crippen MR) is 71.9 cm³/mol. The number of fused-ring (bicyclic) bond motifs is 3. The summed E-state index contributed by atoms with van der Waals surface area (Å²) in [6, 6.07) is 7.57. The monoisotopic (exact) mass is 257 g/mol. The molecule has 0 radical (unpaired) electrons. The second-order valence-electron chi connectivity index (χ2n) is 4.98. The van der Waals surface area contributed by atoms with Crippen molar-refractivity contribution in [3.8, 4) is 0 Å². The molecule has 1 heterocycles. The first-order valence-electron chi connectivity index (χ1n) is 6.12. The van der Waals surface area contributed by atoms with Crippen molar-refractivity contribution in [2.24, 2.45) is 0 Å². The number of ether oxygens (including phenoxy) is 1. The van der Waals surface area contributed by atoms with E-state index in [4.69, 9.17) is 4.74 Å². The summed E-state index contributed by atoms with van der Waals surface area (Å²) in [6.07, 6.45) is 0. The maximum atomic E-state index is 12.4. The smallest absolute Gasteiger partial charge is 0.244 e. The fraction of sp³-hybridized carbons (Fsp3) is 0.267. The first kappa shape index (κ1) is 12.0. The van der Waals surface area contributed by atoms with Gasteiger partial charge in [0.05, 0.1) is 12.8 Å². The van der Waals surface area contributed by atoms with Gasteiger partial charge in [0.15, 0.2) is 5.76 Å². The zero-order valence-electron chi connectivity index (χ0n) is 11.1. The van der Waals surface area contributed by atoms with Crippen LogP contribution in [0.15, 0.2) is 35.6 Å². The molecule has 1 atom stereocenters. The van der Waals surface area contributed by atoms with E-state index in [1.807, 2.05) is 24.3 Å². The average molecular weight is 257 g/mol. The van der Waals surface area contributed by atoms with Crippen molar-refractivity contribution in [3.63, 3.8) is 0 Å². The molecule has 1 aromatic heterocycles. The van der Waals surface area contributed by atoms with Gasteiger partial charge in [0.1, 0.15) is 5.60 Å². The van der Waals surface area contributed by atoms with Crippen molar-refractivity contribution in [1.82, 2.24) is 4.98 Å². The number of allylic oxidation sites excluding steroid dienone is 1. The molecule has 0 spiro atoms. The molecule has 0 bridgehead atoms. The number of aliphatic hydroxyl groups is 1. The molecule has 4 heteroatoms. The third-order valence-electron chi connectivity index (χ3n) is 3.90. The van der Waals surface area contributed by atoms with Gasteiger partial charge in [-0.25, -0.2) is 0 Å². The van der Waals surface area contributed by atoms with Crippen LogP contribution in [0.1, 0.15) is 29.9 Å². The van der Waals surface area contributed by atoms with Gasteiger partial charge in [0.25, 0.3) is 0 Å². The summed E-state index contributed by atoms with van der Waals surface area (Å²) in [5.74, 6) is 0.00165. The van der Waals surface area contributed by atoms with E-state index in [9.17, 15) is 9.90 Å². The van der Waals surface area contributed by atoms with Gasteiger partial charge in [-0.2, -0.15) is 0 Å². The van der Waals surface area contributed by atoms with Gasteiger partial charge >= 0.3 is 0 Å². The lowest BCUT2D eigenvalue weighted by Gasteiger charge is -2.30. The van der Waals surface area contributed by atoms with Crippen molar-refractivity contribution < 1.29 is 14.6 Å². The highest BCUT2D eigenvalue weighted by atomic mass is 16.5. The van der Waals surface area contributed by atoms with E-state index in [0.29, 0.717) is 16.8 Å². The number of hydrogen-bond acceptors (Lipinski definition) is 3. The van der Waals surface area contributed by atoms with Crippen LogP contribution >= 0.6 is 0 Å². The van der Waals surface area contributed by atoms with Crippen LogP contribution in [0.4, 0.5) is 0 Å². The number of ketones is 1. The number of benzene rings is 1. The van der Waals surface area contributed by atoms with Crippen LogP contribution in [0.25, 0.3) is 10.9 Å². The zero-order valence-corrected chi connectivity index (χ0v) is 11.1. The largest absolute Gasteiger partial charge is 0.493 e. The molecule has 0 saturated heterocycles. The highest BCUT2D eigenvalue weighted by molar-refractivity contribution is 6.13. The first-order chi connectivity index (χ1) is 8.98. The number of nitrogens with one attached hydrogen (secondary N) is 1. The lowest BCUT2D eigenvalue weighted by Crippen LogP contribution is -2.32. The summed E-state index contributed by atoms with van der Waals surface area (Å²) in [5, 5.41) is 11.7. The maximum absolute atomic E-state index is 12.4. The summed E-state index contributed by atoms with van der Waals surface area (Å²) in [4.78, 5) is 15.5. The lowest BCUT2D eigenvalue weighted by molar-refractivity contribution is 0.0722. The van der Waals surface area contributed by atoms with Gasteiger partial charge in [-0.15, -0.1) is 0 Å². The number of methoxy groups -OCH3 is 1. The quantitative estimate of drug-likeness (QED) is 0.825. The Morgan fingerprint density at radius 2 is 2.00 bits per heavy atom. The third kappa shape index (κ3) is 1.40. The SMILES string of the molecule is COC1=C(C)C(C)(O)c2c([nH]c3ccccc23)C1=O. The molecule has 1 aromatic carbocycles. The molecular weight excluding hydrogens is 242 g/mol. The summed E-state index contributed by atoms with van der Waals surface area (Å²) < 4.78 is 5.15. The van der Waals surface area contributed by atoms with E-state index in [0.717, 1.165) is 10.9 Å². The highest BCUT2D eigenvalue weighted by Crippen LogP contribution is 2.42. The Kier molecular flexibility index (Phi) is 2.34. The highest BCUT2D eigenvalue weighted by Gasteiger charge is 2.42. The normalized spacial score (nSPS) is 22.8. The van der Waals surface area contributed by atoms with E-state index in [1.165, 1.54) is 7.11 Å². The molecular formula is C15H15NO3. The Morgan fingerprint density at radius 1 is 1.32 bits per heavy atom. The van der Waals surface area contributed by atoms with Gasteiger partial charge in [0, 0.05) is 22.0 Å². The number of carbonyl (C=O) groups is 1. The molecule has 1 aliphatic rings. The average Bonchev–Trinajstić information content (AvgIpc) is 2.78. The standard InChI is InChI=1S/C15H15NO3/c1-8-14(19-3)13(17)12-11(15(8,2)18)9-6-4-5-7-10(9)16-12/h4-7,16,18H,1-3H3. The summed E-state index contributed by atoms with van der Waals surface area (Å²) >= 11 is 0. The zero-order chi connectivity index (χ0) is 13.8. The number of aromatic amines is 1. The molecule has 0 aliphatic heterocycles. The molecule has 98 valence electrons. The number of hydrogen-bond donors (Lipinski definition) is 2. The Hall–Kier alpha value is -2.07. The number of aromatic nitrogens is 1. The fourth-order valence-corrected chi connectivity index (χ4v) is 2.76. The molecule has 19 heavy (non-hydrogen) atoms. The minimum atomic E-state index is -1.21. The van der Waals surface area contributed by atoms with Crippen LogP contribution in [0.5, 0.6) is 0 Å². The molecule has 2 aromatic rings. The summed E-state index contributed by atoms with van der Waals surface area (Å²) in [5.41, 5.74) is 1.21. The number of Topliss-reactive ketones (excluding diaryl/α,β-unsaturated/α-hetero) is 1. The van der Waals surface area contributed by atoms with Crippen molar-refractivity contribution in [2.45, 2.75) is 19.4 Å². The summed E-state index contributed by atoms with van der Waals surface area (Å²) in [7, 11) is 1.44. The summed E-state index contributed by atoms with van der Waals surface area (Å²) in [6.45, 7) is 3.41. The Balaban J connectivity index is 2.42. The molecule has 0 fully saturated rings. The number of para-hydroxylation sites is 1. The molecule has 0 saturated carbocycles. The van der Waals surface area contributed by atoms with E-state index in [1.54, 1.807) is 13.8 Å². The van der Waals surface area contributed by atoms with Gasteiger partial charge < -0.3 is 14.8 Å². The fourth-order valence-electron chi connectivity index (χ4n) is 2.76. The van der Waals surface area contributed by atoms with E-state index < -0.39 is 5.60 Å². The number of H-pyrrole nitrogens is 1. The lowest BCUT2D eigenvalue weighted by atomic mass is 9.80. The van der Waals surface area contributed by atoms with Crippen LogP contribution in [0.3, 0.4) is 0 Å². The van der Waals surface area contributed by atoms with Crippen LogP contribution in [0, 0.1) is 0 Å². The third-order valence-corrected chi connectivity index (χ3v) is 3.90. The minimum Gasteiger partial charge on any atom is -0.493 e. The van der Waals surface area contributed by atoms with Crippen LogP contribution in [0.2, 0.25) is 0 Å².